The molecule has 5 heteroatoms. The minimum atomic E-state index is 0.464. The molecule has 0 saturated carbocycles. The van der Waals surface area contributed by atoms with Crippen LogP contribution in [0.2, 0.25) is 0 Å². The fourth-order valence-corrected chi connectivity index (χ4v) is 2.90. The zero-order valence-electron chi connectivity index (χ0n) is 12.1. The van der Waals surface area contributed by atoms with Crippen molar-refractivity contribution in [1.29, 1.82) is 0 Å². The van der Waals surface area contributed by atoms with Gasteiger partial charge < -0.3 is 10.2 Å². The molecular formula is C14H24N4S. The van der Waals surface area contributed by atoms with Gasteiger partial charge in [-0.15, -0.1) is 11.8 Å². The predicted molar refractivity (Wildman–Crippen MR) is 81.9 cm³/mol. The number of anilines is 1. The van der Waals surface area contributed by atoms with Crippen molar-refractivity contribution in [3.63, 3.8) is 0 Å². The molecule has 1 aromatic rings. The third-order valence-electron chi connectivity index (χ3n) is 3.61. The second-order valence-electron chi connectivity index (χ2n) is 5.38. The van der Waals surface area contributed by atoms with E-state index >= 15 is 0 Å². The standard InChI is InChI=1S/C14H24N4S/c1-11(2)18(9-12-5-4-6-15-8-12)13-7-14(19-3)17-10-16-13/h7,10-12,15H,4-6,8-9H2,1-3H3. The molecule has 1 unspecified atom stereocenters. The van der Waals surface area contributed by atoms with E-state index in [1.54, 1.807) is 18.1 Å². The van der Waals surface area contributed by atoms with Crippen molar-refractivity contribution in [2.45, 2.75) is 37.8 Å². The monoisotopic (exact) mass is 280 g/mol. The quantitative estimate of drug-likeness (QED) is 0.662. The molecule has 1 fully saturated rings. The molecule has 1 N–H and O–H groups in total. The lowest BCUT2D eigenvalue weighted by molar-refractivity contribution is 0.370. The van der Waals surface area contributed by atoms with Crippen LogP contribution >= 0.6 is 11.8 Å². The van der Waals surface area contributed by atoms with Gasteiger partial charge in [-0.05, 0) is 52.0 Å². The summed E-state index contributed by atoms with van der Waals surface area (Å²) in [6.45, 7) is 7.84. The minimum absolute atomic E-state index is 0.464. The van der Waals surface area contributed by atoms with E-state index in [4.69, 9.17) is 0 Å². The maximum atomic E-state index is 4.46. The summed E-state index contributed by atoms with van der Waals surface area (Å²) in [4.78, 5) is 11.1. The highest BCUT2D eigenvalue weighted by Crippen LogP contribution is 2.22. The van der Waals surface area contributed by atoms with E-state index in [0.717, 1.165) is 29.9 Å². The maximum absolute atomic E-state index is 4.46. The topological polar surface area (TPSA) is 41.0 Å². The molecule has 1 saturated heterocycles. The molecule has 0 aliphatic carbocycles. The van der Waals surface area contributed by atoms with Crippen molar-refractivity contribution in [3.05, 3.63) is 12.4 Å². The van der Waals surface area contributed by atoms with E-state index in [1.165, 1.54) is 19.4 Å². The molecule has 0 spiro atoms. The maximum Gasteiger partial charge on any atom is 0.133 e. The van der Waals surface area contributed by atoms with Crippen molar-refractivity contribution < 1.29 is 0 Å². The molecule has 0 amide bonds. The fraction of sp³-hybridized carbons (Fsp3) is 0.714. The molecule has 4 nitrogen and oxygen atoms in total. The van der Waals surface area contributed by atoms with Gasteiger partial charge in [-0.1, -0.05) is 0 Å². The Bertz CT molecular complexity index is 391. The number of hydrogen-bond donors (Lipinski definition) is 1. The van der Waals surface area contributed by atoms with E-state index in [9.17, 15) is 0 Å². The molecule has 0 radical (unpaired) electrons. The van der Waals surface area contributed by atoms with Crippen LogP contribution in [-0.4, -0.2) is 41.9 Å². The van der Waals surface area contributed by atoms with E-state index in [2.05, 4.69) is 46.4 Å². The van der Waals surface area contributed by atoms with Gasteiger partial charge in [-0.3, -0.25) is 0 Å². The van der Waals surface area contributed by atoms with Gasteiger partial charge in [0.05, 0.1) is 0 Å². The Morgan fingerprint density at radius 2 is 2.32 bits per heavy atom. The molecule has 19 heavy (non-hydrogen) atoms. The SMILES string of the molecule is CSc1cc(N(CC2CCCNC2)C(C)C)ncn1. The van der Waals surface area contributed by atoms with Gasteiger partial charge in [-0.25, -0.2) is 9.97 Å². The highest BCUT2D eigenvalue weighted by atomic mass is 32.2. The number of hydrogen-bond acceptors (Lipinski definition) is 5. The van der Waals surface area contributed by atoms with E-state index in [1.807, 2.05) is 0 Å². The minimum Gasteiger partial charge on any atom is -0.354 e. The first-order valence-corrected chi connectivity index (χ1v) is 8.26. The fourth-order valence-electron chi connectivity index (χ4n) is 2.53. The highest BCUT2D eigenvalue weighted by Gasteiger charge is 2.20. The Balaban J connectivity index is 2.09. The Hall–Kier alpha value is -0.810. The average molecular weight is 280 g/mol. The zero-order valence-corrected chi connectivity index (χ0v) is 12.9. The van der Waals surface area contributed by atoms with Crippen LogP contribution in [0.5, 0.6) is 0 Å². The lowest BCUT2D eigenvalue weighted by Gasteiger charge is -2.33. The summed E-state index contributed by atoms with van der Waals surface area (Å²) in [5, 5.41) is 4.53. The summed E-state index contributed by atoms with van der Waals surface area (Å²) in [5.41, 5.74) is 0. The molecule has 2 heterocycles. The molecule has 0 bridgehead atoms. The largest absolute Gasteiger partial charge is 0.354 e. The van der Waals surface area contributed by atoms with Crippen molar-refractivity contribution in [1.82, 2.24) is 15.3 Å². The molecule has 106 valence electrons. The number of piperidine rings is 1. The summed E-state index contributed by atoms with van der Waals surface area (Å²) in [6, 6.07) is 2.56. The van der Waals surface area contributed by atoms with E-state index < -0.39 is 0 Å². The third-order valence-corrected chi connectivity index (χ3v) is 4.25. The average Bonchev–Trinajstić information content (AvgIpc) is 2.45. The first-order valence-electron chi connectivity index (χ1n) is 7.04. The third kappa shape index (κ3) is 4.08. The van der Waals surface area contributed by atoms with Crippen LogP contribution in [0.25, 0.3) is 0 Å². The van der Waals surface area contributed by atoms with Crippen molar-refractivity contribution in [2.75, 3.05) is 30.8 Å². The van der Waals surface area contributed by atoms with Crippen LogP contribution in [0.1, 0.15) is 26.7 Å². The zero-order chi connectivity index (χ0) is 13.7. The lowest BCUT2D eigenvalue weighted by Crippen LogP contribution is -2.41. The van der Waals surface area contributed by atoms with Gasteiger partial charge in [0.2, 0.25) is 0 Å². The second-order valence-corrected chi connectivity index (χ2v) is 6.20. The first kappa shape index (κ1) is 14.6. The van der Waals surface area contributed by atoms with Crippen LogP contribution < -0.4 is 10.2 Å². The summed E-state index contributed by atoms with van der Waals surface area (Å²) in [6.07, 6.45) is 6.33. The molecule has 1 aromatic heterocycles. The van der Waals surface area contributed by atoms with Crippen molar-refractivity contribution in [2.24, 2.45) is 5.92 Å². The Labute approximate surface area is 120 Å². The molecule has 1 aliphatic heterocycles. The van der Waals surface area contributed by atoms with Crippen LogP contribution in [0, 0.1) is 5.92 Å². The Morgan fingerprint density at radius 1 is 1.47 bits per heavy atom. The summed E-state index contributed by atoms with van der Waals surface area (Å²) in [5.74, 6) is 1.78. The van der Waals surface area contributed by atoms with Gasteiger partial charge in [0, 0.05) is 18.7 Å². The van der Waals surface area contributed by atoms with Crippen LogP contribution in [0.3, 0.4) is 0 Å². The van der Waals surface area contributed by atoms with Gasteiger partial charge >= 0.3 is 0 Å². The van der Waals surface area contributed by atoms with Crippen LogP contribution in [0.4, 0.5) is 5.82 Å². The predicted octanol–water partition coefficient (Wildman–Crippen LogP) is 2.41. The highest BCUT2D eigenvalue weighted by molar-refractivity contribution is 7.98. The van der Waals surface area contributed by atoms with Gasteiger partial charge in [0.15, 0.2) is 0 Å². The van der Waals surface area contributed by atoms with Gasteiger partial charge in [0.25, 0.3) is 0 Å². The first-order chi connectivity index (χ1) is 9.20. The Morgan fingerprint density at radius 3 is 2.95 bits per heavy atom. The number of aromatic nitrogens is 2. The summed E-state index contributed by atoms with van der Waals surface area (Å²) in [7, 11) is 0. The van der Waals surface area contributed by atoms with Gasteiger partial charge in [-0.2, -0.15) is 0 Å². The number of nitrogens with zero attached hydrogens (tertiary/aromatic N) is 3. The van der Waals surface area contributed by atoms with Gasteiger partial charge in [0.1, 0.15) is 17.2 Å². The lowest BCUT2D eigenvalue weighted by atomic mass is 9.98. The normalized spacial score (nSPS) is 19.7. The summed E-state index contributed by atoms with van der Waals surface area (Å²) >= 11 is 1.67. The van der Waals surface area contributed by atoms with E-state index in [-0.39, 0.29) is 0 Å². The number of nitrogens with one attached hydrogen (secondary N) is 1. The number of rotatable bonds is 5. The molecule has 0 aromatic carbocycles. The van der Waals surface area contributed by atoms with Crippen LogP contribution in [-0.2, 0) is 0 Å². The summed E-state index contributed by atoms with van der Waals surface area (Å²) < 4.78 is 0. The second kappa shape index (κ2) is 7.10. The molecular weight excluding hydrogens is 256 g/mol. The smallest absolute Gasteiger partial charge is 0.133 e. The van der Waals surface area contributed by atoms with Crippen molar-refractivity contribution in [3.8, 4) is 0 Å². The molecule has 1 aliphatic rings. The molecule has 1 atom stereocenters. The van der Waals surface area contributed by atoms with Crippen LogP contribution in [0.15, 0.2) is 17.4 Å². The van der Waals surface area contributed by atoms with E-state index in [0.29, 0.717) is 6.04 Å². The molecule has 2 rings (SSSR count). The van der Waals surface area contributed by atoms with Crippen molar-refractivity contribution >= 4 is 17.6 Å². The number of thioether (sulfide) groups is 1. The Kier molecular flexibility index (Phi) is 5.45.